The van der Waals surface area contributed by atoms with Gasteiger partial charge in [-0.25, -0.2) is 0 Å². The molecule has 17 heavy (non-hydrogen) atoms. The molecule has 0 radical (unpaired) electrons. The SMILES string of the molecule is CCC(CSC)N(C)CC1CCC(CN)CC1. The minimum Gasteiger partial charge on any atom is -0.330 e. The van der Waals surface area contributed by atoms with Crippen LogP contribution in [0.1, 0.15) is 39.0 Å². The van der Waals surface area contributed by atoms with Crippen LogP contribution >= 0.6 is 11.8 Å². The van der Waals surface area contributed by atoms with Crippen molar-refractivity contribution in [2.45, 2.75) is 45.1 Å². The molecule has 0 aliphatic heterocycles. The molecule has 1 fully saturated rings. The summed E-state index contributed by atoms with van der Waals surface area (Å²) in [6.45, 7) is 4.49. The van der Waals surface area contributed by atoms with E-state index in [9.17, 15) is 0 Å². The van der Waals surface area contributed by atoms with Gasteiger partial charge >= 0.3 is 0 Å². The van der Waals surface area contributed by atoms with E-state index in [-0.39, 0.29) is 0 Å². The zero-order valence-electron chi connectivity index (χ0n) is 11.8. The van der Waals surface area contributed by atoms with Crippen LogP contribution in [0.2, 0.25) is 0 Å². The first-order valence-corrected chi connectivity index (χ1v) is 8.49. The topological polar surface area (TPSA) is 29.3 Å². The van der Waals surface area contributed by atoms with E-state index in [2.05, 4.69) is 25.1 Å². The van der Waals surface area contributed by atoms with Gasteiger partial charge in [0.05, 0.1) is 0 Å². The van der Waals surface area contributed by atoms with Crippen LogP contribution in [0, 0.1) is 11.8 Å². The highest BCUT2D eigenvalue weighted by Crippen LogP contribution is 2.29. The second kappa shape index (κ2) is 8.39. The lowest BCUT2D eigenvalue weighted by molar-refractivity contribution is 0.173. The summed E-state index contributed by atoms with van der Waals surface area (Å²) >= 11 is 1.97. The maximum atomic E-state index is 5.75. The fourth-order valence-electron chi connectivity index (χ4n) is 2.96. The normalized spacial score (nSPS) is 27.4. The molecular formula is C14H30N2S. The first-order valence-electron chi connectivity index (χ1n) is 7.10. The summed E-state index contributed by atoms with van der Waals surface area (Å²) in [5.74, 6) is 2.99. The van der Waals surface area contributed by atoms with Gasteiger partial charge in [0.15, 0.2) is 0 Å². The van der Waals surface area contributed by atoms with E-state index in [1.165, 1.54) is 44.4 Å². The van der Waals surface area contributed by atoms with Gasteiger partial charge in [-0.1, -0.05) is 6.92 Å². The standard InChI is InChI=1S/C14H30N2S/c1-4-14(11-17-3)16(2)10-13-7-5-12(9-15)6-8-13/h12-14H,4-11,15H2,1-3H3. The Morgan fingerprint density at radius 3 is 2.29 bits per heavy atom. The molecule has 1 unspecified atom stereocenters. The monoisotopic (exact) mass is 258 g/mol. The van der Waals surface area contributed by atoms with Gasteiger partial charge in [0.2, 0.25) is 0 Å². The molecule has 1 saturated carbocycles. The molecule has 1 aliphatic rings. The molecular weight excluding hydrogens is 228 g/mol. The number of hydrogen-bond acceptors (Lipinski definition) is 3. The molecule has 0 spiro atoms. The number of thioether (sulfide) groups is 1. The third kappa shape index (κ3) is 5.19. The van der Waals surface area contributed by atoms with Crippen LogP contribution in [0.25, 0.3) is 0 Å². The Bertz CT molecular complexity index is 191. The number of hydrogen-bond donors (Lipinski definition) is 1. The van der Waals surface area contributed by atoms with E-state index in [4.69, 9.17) is 5.73 Å². The minimum atomic E-state index is 0.761. The largest absolute Gasteiger partial charge is 0.330 e. The van der Waals surface area contributed by atoms with Crippen molar-refractivity contribution < 1.29 is 0 Å². The van der Waals surface area contributed by atoms with E-state index < -0.39 is 0 Å². The second-order valence-electron chi connectivity index (χ2n) is 5.58. The molecule has 2 N–H and O–H groups in total. The Kier molecular flexibility index (Phi) is 7.56. The molecule has 1 aliphatic carbocycles. The lowest BCUT2D eigenvalue weighted by atomic mass is 9.82. The molecule has 0 amide bonds. The average Bonchev–Trinajstić information content (AvgIpc) is 2.36. The highest BCUT2D eigenvalue weighted by atomic mass is 32.2. The van der Waals surface area contributed by atoms with Gasteiger partial charge in [0.1, 0.15) is 0 Å². The quantitative estimate of drug-likeness (QED) is 0.761. The molecule has 102 valence electrons. The van der Waals surface area contributed by atoms with Gasteiger partial charge in [0.25, 0.3) is 0 Å². The second-order valence-corrected chi connectivity index (χ2v) is 6.49. The lowest BCUT2D eigenvalue weighted by Gasteiger charge is -2.34. The molecule has 0 bridgehead atoms. The first kappa shape index (κ1) is 15.3. The summed E-state index contributed by atoms with van der Waals surface area (Å²) in [7, 11) is 2.30. The van der Waals surface area contributed by atoms with Crippen LogP contribution in [-0.4, -0.2) is 43.1 Å². The zero-order valence-corrected chi connectivity index (χ0v) is 12.6. The Balaban J connectivity index is 2.28. The van der Waals surface area contributed by atoms with Crippen molar-refractivity contribution in [2.75, 3.05) is 32.1 Å². The highest BCUT2D eigenvalue weighted by Gasteiger charge is 2.23. The van der Waals surface area contributed by atoms with Crippen LogP contribution in [0.15, 0.2) is 0 Å². The molecule has 0 aromatic rings. The molecule has 3 heteroatoms. The zero-order chi connectivity index (χ0) is 12.7. The Labute approximate surface area is 112 Å². The van der Waals surface area contributed by atoms with Crippen LogP contribution in [0.4, 0.5) is 0 Å². The molecule has 0 saturated heterocycles. The Morgan fingerprint density at radius 2 is 1.82 bits per heavy atom. The Morgan fingerprint density at radius 1 is 1.24 bits per heavy atom. The predicted octanol–water partition coefficient (Wildman–Crippen LogP) is 2.82. The number of rotatable bonds is 7. The van der Waals surface area contributed by atoms with Gasteiger partial charge in [-0.05, 0) is 63.8 Å². The van der Waals surface area contributed by atoms with Crippen LogP contribution < -0.4 is 5.73 Å². The highest BCUT2D eigenvalue weighted by molar-refractivity contribution is 7.98. The number of nitrogens with two attached hydrogens (primary N) is 1. The Hall–Kier alpha value is 0.270. The summed E-state index contributed by atoms with van der Waals surface area (Å²) in [6, 6.07) is 0.761. The van der Waals surface area contributed by atoms with E-state index in [1.54, 1.807) is 0 Å². The third-order valence-corrected chi connectivity index (χ3v) is 5.02. The van der Waals surface area contributed by atoms with Gasteiger partial charge in [-0.3, -0.25) is 0 Å². The van der Waals surface area contributed by atoms with Crippen molar-refractivity contribution in [3.63, 3.8) is 0 Å². The lowest BCUT2D eigenvalue weighted by Crippen LogP contribution is -2.38. The van der Waals surface area contributed by atoms with Gasteiger partial charge in [-0.2, -0.15) is 11.8 Å². The molecule has 1 atom stereocenters. The van der Waals surface area contributed by atoms with Crippen LogP contribution in [0.5, 0.6) is 0 Å². The van der Waals surface area contributed by atoms with Crippen molar-refractivity contribution in [3.8, 4) is 0 Å². The summed E-state index contributed by atoms with van der Waals surface area (Å²) in [6.07, 6.45) is 8.98. The van der Waals surface area contributed by atoms with Crippen LogP contribution in [0.3, 0.4) is 0 Å². The fraction of sp³-hybridized carbons (Fsp3) is 1.00. The van der Waals surface area contributed by atoms with Crippen molar-refractivity contribution in [3.05, 3.63) is 0 Å². The fourth-order valence-corrected chi connectivity index (χ4v) is 3.83. The average molecular weight is 258 g/mol. The van der Waals surface area contributed by atoms with Crippen molar-refractivity contribution in [2.24, 2.45) is 17.6 Å². The molecule has 0 aromatic carbocycles. The smallest absolute Gasteiger partial charge is 0.0180 e. The summed E-state index contributed by atoms with van der Waals surface area (Å²) in [4.78, 5) is 2.59. The molecule has 1 rings (SSSR count). The predicted molar refractivity (Wildman–Crippen MR) is 79.6 cm³/mol. The van der Waals surface area contributed by atoms with Gasteiger partial charge < -0.3 is 10.6 Å². The maximum Gasteiger partial charge on any atom is 0.0180 e. The van der Waals surface area contributed by atoms with E-state index in [0.717, 1.165) is 24.4 Å². The minimum absolute atomic E-state index is 0.761. The van der Waals surface area contributed by atoms with Crippen molar-refractivity contribution in [1.29, 1.82) is 0 Å². The summed E-state index contributed by atoms with van der Waals surface area (Å²) < 4.78 is 0. The molecule has 0 heterocycles. The number of nitrogens with zero attached hydrogens (tertiary/aromatic N) is 1. The van der Waals surface area contributed by atoms with Crippen LogP contribution in [-0.2, 0) is 0 Å². The van der Waals surface area contributed by atoms with E-state index in [0.29, 0.717) is 0 Å². The van der Waals surface area contributed by atoms with Crippen molar-refractivity contribution in [1.82, 2.24) is 4.90 Å². The van der Waals surface area contributed by atoms with Crippen molar-refractivity contribution >= 4 is 11.8 Å². The molecule has 2 nitrogen and oxygen atoms in total. The summed E-state index contributed by atoms with van der Waals surface area (Å²) in [5.41, 5.74) is 5.75. The van der Waals surface area contributed by atoms with E-state index >= 15 is 0 Å². The van der Waals surface area contributed by atoms with Gasteiger partial charge in [-0.15, -0.1) is 0 Å². The first-order chi connectivity index (χ1) is 8.21. The summed E-state index contributed by atoms with van der Waals surface area (Å²) in [5, 5.41) is 0. The molecule has 0 aromatic heterocycles. The third-order valence-electron chi connectivity index (χ3n) is 4.30. The van der Waals surface area contributed by atoms with E-state index in [1.807, 2.05) is 11.8 Å². The van der Waals surface area contributed by atoms with Gasteiger partial charge in [0, 0.05) is 18.3 Å². The maximum absolute atomic E-state index is 5.75.